The molecule has 0 aliphatic carbocycles. The summed E-state index contributed by atoms with van der Waals surface area (Å²) in [4.78, 5) is 15.7. The fourth-order valence-electron chi connectivity index (χ4n) is 2.47. The predicted octanol–water partition coefficient (Wildman–Crippen LogP) is 4.87. The van der Waals surface area contributed by atoms with E-state index < -0.39 is 23.8 Å². The van der Waals surface area contributed by atoms with Crippen molar-refractivity contribution in [2.45, 2.75) is 19.2 Å². The molecule has 27 heavy (non-hydrogen) atoms. The summed E-state index contributed by atoms with van der Waals surface area (Å²) < 4.78 is 50.0. The number of aliphatic carboxylic acids is 1. The van der Waals surface area contributed by atoms with Gasteiger partial charge in [-0.3, -0.25) is 0 Å². The van der Waals surface area contributed by atoms with Crippen molar-refractivity contribution < 1.29 is 32.2 Å². The van der Waals surface area contributed by atoms with Crippen LogP contribution in [0.2, 0.25) is 0 Å². The van der Waals surface area contributed by atoms with E-state index in [9.17, 15) is 23.1 Å². The molecule has 0 aliphatic rings. The van der Waals surface area contributed by atoms with Crippen LogP contribution in [0.3, 0.4) is 0 Å². The molecule has 3 aromatic rings. The van der Waals surface area contributed by atoms with Gasteiger partial charge in [0.2, 0.25) is 12.0 Å². The predicted molar refractivity (Wildman–Crippen MR) is 89.1 cm³/mol. The maximum Gasteiger partial charge on any atom is 0.416 e. The van der Waals surface area contributed by atoms with Gasteiger partial charge in [0.25, 0.3) is 0 Å². The third kappa shape index (κ3) is 4.11. The molecular weight excluding hydrogens is 363 g/mol. The highest BCUT2D eigenvalue weighted by atomic mass is 19.4. The molecule has 2 aromatic carbocycles. The van der Waals surface area contributed by atoms with Crippen LogP contribution < -0.4 is 4.74 Å². The average Bonchev–Trinajstić information content (AvgIpc) is 3.05. The van der Waals surface area contributed by atoms with Crippen molar-refractivity contribution in [1.82, 2.24) is 4.98 Å². The number of carboxylic acid groups (broad SMARTS) is 1. The summed E-state index contributed by atoms with van der Waals surface area (Å²) in [5, 5.41) is 9.49. The van der Waals surface area contributed by atoms with Gasteiger partial charge in [-0.2, -0.15) is 13.2 Å². The molecule has 0 saturated carbocycles. The number of alkyl halides is 3. The summed E-state index contributed by atoms with van der Waals surface area (Å²) in [6, 6.07) is 10.8. The fraction of sp³-hybridized carbons (Fsp3) is 0.158. The Labute approximate surface area is 152 Å². The Balaban J connectivity index is 2.07. The first kappa shape index (κ1) is 18.5. The Morgan fingerprint density at radius 2 is 1.89 bits per heavy atom. The van der Waals surface area contributed by atoms with Crippen molar-refractivity contribution in [2.75, 3.05) is 0 Å². The van der Waals surface area contributed by atoms with Crippen LogP contribution in [0.15, 0.2) is 59.2 Å². The normalized spacial score (nSPS) is 12.6. The molecule has 1 atom stereocenters. The van der Waals surface area contributed by atoms with Crippen molar-refractivity contribution in [2.24, 2.45) is 0 Å². The zero-order chi connectivity index (χ0) is 19.6. The lowest BCUT2D eigenvalue weighted by Gasteiger charge is -2.18. The number of halogens is 3. The summed E-state index contributed by atoms with van der Waals surface area (Å²) in [7, 11) is 0. The molecule has 0 saturated heterocycles. The SMILES string of the molecule is Cc1coc(-c2cc(C(F)(F)F)ccc2OC(C(=O)O)c2ccccc2)n1. The van der Waals surface area contributed by atoms with Crippen molar-refractivity contribution in [3.05, 3.63) is 71.6 Å². The first-order valence-electron chi connectivity index (χ1n) is 7.84. The lowest BCUT2D eigenvalue weighted by Crippen LogP contribution is -2.18. The summed E-state index contributed by atoms with van der Waals surface area (Å²) in [5.74, 6) is -1.46. The number of hydrogen-bond donors (Lipinski definition) is 1. The number of aromatic nitrogens is 1. The Morgan fingerprint density at radius 3 is 2.44 bits per heavy atom. The Morgan fingerprint density at radius 1 is 1.19 bits per heavy atom. The zero-order valence-electron chi connectivity index (χ0n) is 14.0. The number of oxazole rings is 1. The molecule has 1 N–H and O–H groups in total. The van der Waals surface area contributed by atoms with Crippen LogP contribution >= 0.6 is 0 Å². The maximum absolute atomic E-state index is 13.1. The van der Waals surface area contributed by atoms with Crippen LogP contribution in [0.25, 0.3) is 11.5 Å². The number of carbonyl (C=O) groups is 1. The molecule has 1 heterocycles. The summed E-state index contributed by atoms with van der Waals surface area (Å²) >= 11 is 0. The summed E-state index contributed by atoms with van der Waals surface area (Å²) in [6.45, 7) is 1.62. The highest BCUT2D eigenvalue weighted by Crippen LogP contribution is 2.38. The summed E-state index contributed by atoms with van der Waals surface area (Å²) in [6.07, 6.45) is -4.70. The van der Waals surface area contributed by atoms with Gasteiger partial charge < -0.3 is 14.3 Å². The molecule has 8 heteroatoms. The van der Waals surface area contributed by atoms with E-state index in [4.69, 9.17) is 9.15 Å². The van der Waals surface area contributed by atoms with Gasteiger partial charge in [0.1, 0.15) is 12.0 Å². The highest BCUT2D eigenvalue weighted by molar-refractivity contribution is 5.75. The second-order valence-electron chi connectivity index (χ2n) is 5.75. The van der Waals surface area contributed by atoms with Gasteiger partial charge >= 0.3 is 12.1 Å². The topological polar surface area (TPSA) is 72.6 Å². The molecule has 0 radical (unpaired) electrons. The Kier molecular flexibility index (Phi) is 4.89. The van der Waals surface area contributed by atoms with Gasteiger partial charge in [-0.15, -0.1) is 0 Å². The van der Waals surface area contributed by atoms with Gasteiger partial charge in [-0.25, -0.2) is 9.78 Å². The largest absolute Gasteiger partial charge is 0.478 e. The molecule has 1 aromatic heterocycles. The lowest BCUT2D eigenvalue weighted by atomic mass is 10.1. The van der Waals surface area contributed by atoms with Crippen LogP contribution in [0.4, 0.5) is 13.2 Å². The van der Waals surface area contributed by atoms with Gasteiger partial charge in [-0.05, 0) is 25.1 Å². The van der Waals surface area contributed by atoms with Crippen LogP contribution in [0, 0.1) is 6.92 Å². The zero-order valence-corrected chi connectivity index (χ0v) is 14.0. The number of nitrogens with zero attached hydrogens (tertiary/aromatic N) is 1. The third-order valence-corrected chi connectivity index (χ3v) is 3.73. The lowest BCUT2D eigenvalue weighted by molar-refractivity contribution is -0.145. The second kappa shape index (κ2) is 7.14. The van der Waals surface area contributed by atoms with Crippen molar-refractivity contribution in [3.63, 3.8) is 0 Å². The van der Waals surface area contributed by atoms with Gasteiger partial charge in [0.05, 0.1) is 16.8 Å². The minimum absolute atomic E-state index is 0.0823. The summed E-state index contributed by atoms with van der Waals surface area (Å²) in [5.41, 5.74) is -0.196. The van der Waals surface area contributed by atoms with Crippen LogP contribution in [-0.4, -0.2) is 16.1 Å². The molecule has 1 unspecified atom stereocenters. The number of carboxylic acids is 1. The molecule has 0 spiro atoms. The molecule has 0 aliphatic heterocycles. The standard InChI is InChI=1S/C19H14F3NO4/c1-11-10-26-17(23-11)14-9-13(19(20,21)22)7-8-15(14)27-16(18(24)25)12-5-3-2-4-6-12/h2-10,16H,1H3,(H,24,25). The van der Waals surface area contributed by atoms with Crippen molar-refractivity contribution in [3.8, 4) is 17.2 Å². The Hall–Kier alpha value is -3.29. The molecule has 0 fully saturated rings. The molecule has 0 amide bonds. The van der Waals surface area contributed by atoms with Crippen LogP contribution in [-0.2, 0) is 11.0 Å². The fourth-order valence-corrected chi connectivity index (χ4v) is 2.47. The Bertz CT molecular complexity index is 951. The van der Waals surface area contributed by atoms with E-state index in [1.165, 1.54) is 6.26 Å². The van der Waals surface area contributed by atoms with E-state index in [-0.39, 0.29) is 17.2 Å². The van der Waals surface area contributed by atoms with Crippen molar-refractivity contribution in [1.29, 1.82) is 0 Å². The molecule has 140 valence electrons. The van der Waals surface area contributed by atoms with Crippen molar-refractivity contribution >= 4 is 5.97 Å². The van der Waals surface area contributed by atoms with E-state index in [0.717, 1.165) is 18.2 Å². The monoisotopic (exact) mass is 377 g/mol. The number of benzene rings is 2. The quantitative estimate of drug-likeness (QED) is 0.687. The third-order valence-electron chi connectivity index (χ3n) is 3.73. The minimum Gasteiger partial charge on any atom is -0.478 e. The van der Waals surface area contributed by atoms with Crippen LogP contribution in [0.1, 0.15) is 22.9 Å². The number of aryl methyl sites for hydroxylation is 1. The maximum atomic E-state index is 13.1. The van der Waals surface area contributed by atoms with E-state index in [0.29, 0.717) is 11.3 Å². The van der Waals surface area contributed by atoms with Gasteiger partial charge in [0, 0.05) is 5.56 Å². The van der Waals surface area contributed by atoms with Gasteiger partial charge in [-0.1, -0.05) is 30.3 Å². The van der Waals surface area contributed by atoms with E-state index in [2.05, 4.69) is 4.98 Å². The van der Waals surface area contributed by atoms with Crippen LogP contribution in [0.5, 0.6) is 5.75 Å². The molecule has 0 bridgehead atoms. The van der Waals surface area contributed by atoms with E-state index in [1.807, 2.05) is 0 Å². The minimum atomic E-state index is -4.58. The highest BCUT2D eigenvalue weighted by Gasteiger charge is 2.33. The first-order chi connectivity index (χ1) is 12.8. The smallest absolute Gasteiger partial charge is 0.416 e. The van der Waals surface area contributed by atoms with Gasteiger partial charge in [0.15, 0.2) is 0 Å². The number of hydrogen-bond acceptors (Lipinski definition) is 4. The average molecular weight is 377 g/mol. The first-order valence-corrected chi connectivity index (χ1v) is 7.84. The molecular formula is C19H14F3NO4. The molecule has 5 nitrogen and oxygen atoms in total. The van der Waals surface area contributed by atoms with E-state index >= 15 is 0 Å². The number of rotatable bonds is 5. The number of ether oxygens (including phenoxy) is 1. The van der Waals surface area contributed by atoms with E-state index in [1.54, 1.807) is 37.3 Å². The molecule has 3 rings (SSSR count). The second-order valence-corrected chi connectivity index (χ2v) is 5.75.